The molecule has 10 heavy (non-hydrogen) atoms. The van der Waals surface area contributed by atoms with Crippen molar-refractivity contribution in [2.45, 2.75) is 0 Å². The molecule has 3 nitrogen and oxygen atoms in total. The molecule has 1 aromatic rings. The van der Waals surface area contributed by atoms with Gasteiger partial charge in [-0.2, -0.15) is 0 Å². The van der Waals surface area contributed by atoms with Gasteiger partial charge in [0.1, 0.15) is 0 Å². The Morgan fingerprint density at radius 2 is 1.40 bits per heavy atom. The van der Waals surface area contributed by atoms with Crippen molar-refractivity contribution in [1.82, 2.24) is 0 Å². The number of hydrogen-bond acceptors (Lipinski definition) is 3. The summed E-state index contributed by atoms with van der Waals surface area (Å²) < 4.78 is 0. The first-order valence-electron chi connectivity index (χ1n) is 2.68. The van der Waals surface area contributed by atoms with E-state index in [4.69, 9.17) is 15.3 Å². The van der Waals surface area contributed by atoms with Crippen LogP contribution in [0.15, 0.2) is 12.1 Å². The molecule has 1 aromatic carbocycles. The molecule has 0 bridgehead atoms. The normalized spacial score (nSPS) is 9.70. The molecule has 3 heteroatoms. The van der Waals surface area contributed by atoms with E-state index in [1.807, 2.05) is 0 Å². The van der Waals surface area contributed by atoms with E-state index < -0.39 is 5.75 Å². The molecule has 0 spiro atoms. The smallest absolute Gasteiger partial charge is 0.200 e. The first kappa shape index (κ1) is 6.74. The average Bonchev–Trinajstić information content (AvgIpc) is 1.82. The van der Waals surface area contributed by atoms with Crippen LogP contribution in [0.1, 0.15) is 5.56 Å². The lowest BCUT2D eigenvalue weighted by molar-refractivity contribution is 0.367. The molecule has 0 aliphatic carbocycles. The van der Waals surface area contributed by atoms with Crippen LogP contribution < -0.4 is 0 Å². The molecule has 0 amide bonds. The SMILES string of the molecule is [CH2]c1cc(O)c(O)c(O)c1. The van der Waals surface area contributed by atoms with Crippen molar-refractivity contribution < 1.29 is 15.3 Å². The maximum absolute atomic E-state index is 8.83. The van der Waals surface area contributed by atoms with Crippen LogP contribution >= 0.6 is 0 Å². The number of rotatable bonds is 0. The molecular formula is C7H7O3. The fraction of sp³-hybridized carbons (Fsp3) is 0. The Bertz CT molecular complexity index is 232. The van der Waals surface area contributed by atoms with Gasteiger partial charge in [0, 0.05) is 0 Å². The Labute approximate surface area is 58.2 Å². The van der Waals surface area contributed by atoms with E-state index >= 15 is 0 Å². The summed E-state index contributed by atoms with van der Waals surface area (Å²) in [6, 6.07) is 2.52. The van der Waals surface area contributed by atoms with Gasteiger partial charge in [0.25, 0.3) is 0 Å². The Morgan fingerprint density at radius 3 is 1.80 bits per heavy atom. The summed E-state index contributed by atoms with van der Waals surface area (Å²) in [4.78, 5) is 0. The maximum atomic E-state index is 8.83. The number of phenolic OH excluding ortho intramolecular Hbond substituents is 3. The van der Waals surface area contributed by atoms with E-state index in [1.165, 1.54) is 12.1 Å². The van der Waals surface area contributed by atoms with Crippen LogP contribution in [0.3, 0.4) is 0 Å². The predicted molar refractivity (Wildman–Crippen MR) is 35.9 cm³/mol. The van der Waals surface area contributed by atoms with Crippen molar-refractivity contribution in [3.63, 3.8) is 0 Å². The highest BCUT2D eigenvalue weighted by atomic mass is 16.3. The third-order valence-electron chi connectivity index (χ3n) is 1.13. The maximum Gasteiger partial charge on any atom is 0.200 e. The largest absolute Gasteiger partial charge is 0.504 e. The Balaban J connectivity index is 3.31. The van der Waals surface area contributed by atoms with Crippen LogP contribution in [0, 0.1) is 6.92 Å². The second kappa shape index (κ2) is 2.10. The van der Waals surface area contributed by atoms with E-state index in [9.17, 15) is 0 Å². The Hall–Kier alpha value is -1.38. The van der Waals surface area contributed by atoms with E-state index in [0.717, 1.165) is 0 Å². The molecule has 1 radical (unpaired) electrons. The molecule has 53 valence electrons. The second-order valence-electron chi connectivity index (χ2n) is 1.98. The minimum absolute atomic E-state index is 0.356. The van der Waals surface area contributed by atoms with Gasteiger partial charge in [0.15, 0.2) is 17.2 Å². The van der Waals surface area contributed by atoms with Crippen molar-refractivity contribution in [3.05, 3.63) is 24.6 Å². The summed E-state index contributed by atoms with van der Waals surface area (Å²) in [6.45, 7) is 3.45. The number of phenols is 3. The first-order chi connectivity index (χ1) is 4.61. The van der Waals surface area contributed by atoms with Crippen LogP contribution in [-0.4, -0.2) is 15.3 Å². The molecule has 0 saturated heterocycles. The van der Waals surface area contributed by atoms with Gasteiger partial charge in [0.05, 0.1) is 0 Å². The van der Waals surface area contributed by atoms with Gasteiger partial charge in [-0.05, 0) is 24.6 Å². The van der Waals surface area contributed by atoms with E-state index in [-0.39, 0.29) is 11.5 Å². The zero-order chi connectivity index (χ0) is 7.72. The van der Waals surface area contributed by atoms with Crippen LogP contribution in [-0.2, 0) is 0 Å². The molecule has 0 unspecified atom stereocenters. The highest BCUT2D eigenvalue weighted by molar-refractivity contribution is 5.51. The molecule has 0 aromatic heterocycles. The highest BCUT2D eigenvalue weighted by Crippen LogP contribution is 2.34. The second-order valence-corrected chi connectivity index (χ2v) is 1.98. The summed E-state index contributed by atoms with van der Waals surface area (Å²) in [5.41, 5.74) is 0.452. The van der Waals surface area contributed by atoms with Crippen LogP contribution in [0.4, 0.5) is 0 Å². The first-order valence-corrected chi connectivity index (χ1v) is 2.68. The molecule has 0 aliphatic rings. The lowest BCUT2D eigenvalue weighted by atomic mass is 10.2. The third kappa shape index (κ3) is 0.978. The molecular weight excluding hydrogens is 132 g/mol. The van der Waals surface area contributed by atoms with Gasteiger partial charge in [-0.1, -0.05) is 0 Å². The monoisotopic (exact) mass is 139 g/mol. The van der Waals surface area contributed by atoms with Crippen molar-refractivity contribution in [2.75, 3.05) is 0 Å². The lowest BCUT2D eigenvalue weighted by Crippen LogP contribution is -1.74. The van der Waals surface area contributed by atoms with Crippen LogP contribution in [0.5, 0.6) is 17.2 Å². The van der Waals surface area contributed by atoms with E-state index in [1.54, 1.807) is 0 Å². The Morgan fingerprint density at radius 1 is 1.00 bits per heavy atom. The van der Waals surface area contributed by atoms with E-state index in [0.29, 0.717) is 5.56 Å². The fourth-order valence-electron chi connectivity index (χ4n) is 0.661. The van der Waals surface area contributed by atoms with Gasteiger partial charge in [-0.25, -0.2) is 0 Å². The van der Waals surface area contributed by atoms with Crippen molar-refractivity contribution in [2.24, 2.45) is 0 Å². The van der Waals surface area contributed by atoms with Crippen LogP contribution in [0.25, 0.3) is 0 Å². The number of hydrogen-bond donors (Lipinski definition) is 3. The van der Waals surface area contributed by atoms with Crippen LogP contribution in [0.2, 0.25) is 0 Å². The predicted octanol–water partition coefficient (Wildman–Crippen LogP) is 0.986. The molecule has 0 heterocycles. The van der Waals surface area contributed by atoms with Gasteiger partial charge < -0.3 is 15.3 Å². The molecule has 0 atom stereocenters. The Kier molecular flexibility index (Phi) is 1.41. The lowest BCUT2D eigenvalue weighted by Gasteiger charge is -2.00. The number of aromatic hydroxyl groups is 3. The standard InChI is InChI=1S/C7H7O3/c1-4-2-5(8)7(10)6(9)3-4/h2-3,8-10H,1H2. The van der Waals surface area contributed by atoms with Gasteiger partial charge in [-0.15, -0.1) is 0 Å². The average molecular weight is 139 g/mol. The van der Waals surface area contributed by atoms with Gasteiger partial charge in [-0.3, -0.25) is 0 Å². The molecule has 1 rings (SSSR count). The summed E-state index contributed by atoms with van der Waals surface area (Å²) in [5, 5.41) is 26.5. The fourth-order valence-corrected chi connectivity index (χ4v) is 0.661. The molecule has 0 aliphatic heterocycles. The minimum Gasteiger partial charge on any atom is -0.504 e. The zero-order valence-electron chi connectivity index (χ0n) is 5.20. The summed E-state index contributed by atoms with van der Waals surface area (Å²) in [6.07, 6.45) is 0. The quantitative estimate of drug-likeness (QED) is 0.469. The summed E-state index contributed by atoms with van der Waals surface area (Å²) in [5.74, 6) is -1.22. The van der Waals surface area contributed by atoms with Gasteiger partial charge >= 0.3 is 0 Å². The van der Waals surface area contributed by atoms with Gasteiger partial charge in [0.2, 0.25) is 0 Å². The highest BCUT2D eigenvalue weighted by Gasteiger charge is 2.04. The summed E-state index contributed by atoms with van der Waals surface area (Å²) >= 11 is 0. The third-order valence-corrected chi connectivity index (χ3v) is 1.13. The summed E-state index contributed by atoms with van der Waals surface area (Å²) in [7, 11) is 0. The zero-order valence-corrected chi connectivity index (χ0v) is 5.20. The van der Waals surface area contributed by atoms with Crippen molar-refractivity contribution in [1.29, 1.82) is 0 Å². The number of benzene rings is 1. The van der Waals surface area contributed by atoms with Crippen molar-refractivity contribution >= 4 is 0 Å². The van der Waals surface area contributed by atoms with Crippen molar-refractivity contribution in [3.8, 4) is 17.2 Å². The van der Waals surface area contributed by atoms with E-state index in [2.05, 4.69) is 6.92 Å². The molecule has 3 N–H and O–H groups in total. The minimum atomic E-state index is -0.507. The molecule has 0 fully saturated rings. The topological polar surface area (TPSA) is 60.7 Å². The molecule has 0 saturated carbocycles.